The topological polar surface area (TPSA) is 21.7 Å². The van der Waals surface area contributed by atoms with E-state index in [0.717, 1.165) is 29.4 Å². The smallest absolute Gasteiger partial charge is 0.118 e. The first-order chi connectivity index (χ1) is 13.8. The Morgan fingerprint density at radius 3 is 1.39 bits per heavy atom. The summed E-state index contributed by atoms with van der Waals surface area (Å²) < 4.78 is 10.8. The van der Waals surface area contributed by atoms with Crippen LogP contribution in [0.15, 0.2) is 48.5 Å². The molecular formula is C25H31NO2. The van der Waals surface area contributed by atoms with Gasteiger partial charge < -0.3 is 9.47 Å². The molecule has 5 atom stereocenters. The third kappa shape index (κ3) is 3.00. The zero-order valence-corrected chi connectivity index (χ0v) is 17.0. The van der Waals surface area contributed by atoms with Crippen LogP contribution >= 0.6 is 0 Å². The summed E-state index contributed by atoms with van der Waals surface area (Å²) in [5, 5.41) is 0. The molecule has 2 saturated heterocycles. The normalized spacial score (nSPS) is 32.0. The van der Waals surface area contributed by atoms with Crippen LogP contribution in [0.25, 0.3) is 0 Å². The first kappa shape index (κ1) is 18.1. The summed E-state index contributed by atoms with van der Waals surface area (Å²) in [7, 11) is 3.49. The number of benzene rings is 2. The van der Waals surface area contributed by atoms with Crippen molar-refractivity contribution in [3.63, 3.8) is 0 Å². The maximum absolute atomic E-state index is 5.39. The van der Waals surface area contributed by atoms with E-state index in [0.29, 0.717) is 12.1 Å². The molecule has 148 valence electrons. The lowest BCUT2D eigenvalue weighted by atomic mass is 9.75. The van der Waals surface area contributed by atoms with Crippen LogP contribution in [0, 0.1) is 11.8 Å². The predicted molar refractivity (Wildman–Crippen MR) is 112 cm³/mol. The van der Waals surface area contributed by atoms with Gasteiger partial charge in [-0.2, -0.15) is 0 Å². The van der Waals surface area contributed by atoms with Crippen molar-refractivity contribution in [3.8, 4) is 11.5 Å². The van der Waals surface area contributed by atoms with E-state index in [-0.39, 0.29) is 0 Å². The zero-order chi connectivity index (χ0) is 19.1. The quantitative estimate of drug-likeness (QED) is 0.675. The standard InChI is InChI=1S/C25H31NO2/c1-27-21-11-5-17(6-12-21)23-15-9-19-3-4-20-10-16-24(26(23)25(19)20)18-7-13-22(28-2)14-8-18/h5-8,11-14,19-20,23-25H,3-4,9-10,15-16H2,1-2H3/t19-,20+,23+,24-,25?. The van der Waals surface area contributed by atoms with Crippen molar-refractivity contribution >= 4 is 0 Å². The third-order valence-electron chi connectivity index (χ3n) is 7.56. The zero-order valence-electron chi connectivity index (χ0n) is 17.0. The van der Waals surface area contributed by atoms with Gasteiger partial charge in [-0.05, 0) is 85.8 Å². The monoisotopic (exact) mass is 377 g/mol. The highest BCUT2D eigenvalue weighted by molar-refractivity contribution is 5.33. The van der Waals surface area contributed by atoms with Gasteiger partial charge >= 0.3 is 0 Å². The molecule has 1 unspecified atom stereocenters. The Morgan fingerprint density at radius 1 is 0.607 bits per heavy atom. The van der Waals surface area contributed by atoms with Gasteiger partial charge in [0.1, 0.15) is 11.5 Å². The predicted octanol–water partition coefficient (Wildman–Crippen LogP) is 5.77. The van der Waals surface area contributed by atoms with Crippen LogP contribution in [0.3, 0.4) is 0 Å². The summed E-state index contributed by atoms with van der Waals surface area (Å²) >= 11 is 0. The number of hydrogen-bond donors (Lipinski definition) is 0. The Hall–Kier alpha value is -2.00. The highest BCUT2D eigenvalue weighted by atomic mass is 16.5. The molecule has 0 spiro atoms. The fourth-order valence-corrected chi connectivity index (χ4v) is 6.28. The van der Waals surface area contributed by atoms with Gasteiger partial charge in [-0.15, -0.1) is 0 Å². The molecule has 28 heavy (non-hydrogen) atoms. The lowest BCUT2D eigenvalue weighted by Gasteiger charge is -2.53. The van der Waals surface area contributed by atoms with Gasteiger partial charge in [0, 0.05) is 18.1 Å². The number of rotatable bonds is 4. The van der Waals surface area contributed by atoms with Crippen LogP contribution in [0.4, 0.5) is 0 Å². The van der Waals surface area contributed by atoms with E-state index < -0.39 is 0 Å². The number of nitrogens with zero attached hydrogens (tertiary/aromatic N) is 1. The Labute approximate surface area is 168 Å². The van der Waals surface area contributed by atoms with E-state index >= 15 is 0 Å². The van der Waals surface area contributed by atoms with Crippen molar-refractivity contribution in [2.45, 2.75) is 56.7 Å². The van der Waals surface area contributed by atoms with Crippen LogP contribution in [-0.2, 0) is 0 Å². The summed E-state index contributed by atoms with van der Waals surface area (Å²) in [4.78, 5) is 2.92. The average Bonchev–Trinajstić information content (AvgIpc) is 3.19. The molecule has 0 aromatic heterocycles. The van der Waals surface area contributed by atoms with E-state index in [1.807, 2.05) is 0 Å². The molecule has 2 aromatic carbocycles. The summed E-state index contributed by atoms with van der Waals surface area (Å²) in [6.45, 7) is 0. The lowest BCUT2D eigenvalue weighted by molar-refractivity contribution is -0.0388. The van der Waals surface area contributed by atoms with E-state index in [4.69, 9.17) is 9.47 Å². The summed E-state index contributed by atoms with van der Waals surface area (Å²) in [5.41, 5.74) is 2.90. The van der Waals surface area contributed by atoms with Crippen LogP contribution in [0.2, 0.25) is 0 Å². The lowest BCUT2D eigenvalue weighted by Crippen LogP contribution is -2.52. The van der Waals surface area contributed by atoms with Crippen molar-refractivity contribution in [1.82, 2.24) is 4.90 Å². The highest BCUT2D eigenvalue weighted by Gasteiger charge is 2.50. The van der Waals surface area contributed by atoms with E-state index in [1.165, 1.54) is 49.7 Å². The fraction of sp³-hybridized carbons (Fsp3) is 0.520. The second-order valence-electron chi connectivity index (χ2n) is 8.77. The number of hydrogen-bond acceptors (Lipinski definition) is 3. The third-order valence-corrected chi connectivity index (χ3v) is 7.56. The van der Waals surface area contributed by atoms with Gasteiger partial charge in [-0.25, -0.2) is 0 Å². The van der Waals surface area contributed by atoms with Gasteiger partial charge in [0.15, 0.2) is 0 Å². The fourth-order valence-electron chi connectivity index (χ4n) is 6.28. The van der Waals surface area contributed by atoms with Gasteiger partial charge in [0.05, 0.1) is 14.2 Å². The maximum atomic E-state index is 5.39. The molecule has 3 fully saturated rings. The van der Waals surface area contributed by atoms with E-state index in [2.05, 4.69) is 53.4 Å². The molecule has 3 aliphatic rings. The van der Waals surface area contributed by atoms with Crippen LogP contribution < -0.4 is 9.47 Å². The first-order valence-corrected chi connectivity index (χ1v) is 10.8. The summed E-state index contributed by atoms with van der Waals surface area (Å²) in [6.07, 6.45) is 8.15. The Kier molecular flexibility index (Phi) is 4.80. The number of methoxy groups -OCH3 is 2. The average molecular weight is 378 g/mol. The molecule has 2 aliphatic heterocycles. The van der Waals surface area contributed by atoms with Crippen molar-refractivity contribution in [2.75, 3.05) is 14.2 Å². The molecule has 0 amide bonds. The van der Waals surface area contributed by atoms with Crippen molar-refractivity contribution in [2.24, 2.45) is 11.8 Å². The van der Waals surface area contributed by atoms with Gasteiger partial charge in [0.2, 0.25) is 0 Å². The molecule has 3 heteroatoms. The van der Waals surface area contributed by atoms with Crippen molar-refractivity contribution in [1.29, 1.82) is 0 Å². The molecule has 2 heterocycles. The minimum Gasteiger partial charge on any atom is -0.497 e. The molecule has 0 N–H and O–H groups in total. The Balaban J connectivity index is 1.51. The molecule has 1 saturated carbocycles. The molecule has 0 bridgehead atoms. The van der Waals surface area contributed by atoms with Crippen LogP contribution in [0.5, 0.6) is 11.5 Å². The summed E-state index contributed by atoms with van der Waals surface area (Å²) in [6, 6.07) is 19.4. The number of piperidine rings is 2. The number of ether oxygens (including phenoxy) is 2. The molecule has 3 nitrogen and oxygen atoms in total. The Bertz CT molecular complexity index is 733. The molecular weight excluding hydrogens is 346 g/mol. The minimum absolute atomic E-state index is 0.514. The summed E-state index contributed by atoms with van der Waals surface area (Å²) in [5.74, 6) is 3.67. The molecule has 5 rings (SSSR count). The van der Waals surface area contributed by atoms with Crippen molar-refractivity contribution < 1.29 is 9.47 Å². The molecule has 2 aromatic rings. The SMILES string of the molecule is COc1ccc([C@H]2CC[C@@H]3CC[C@@H]4CC[C@@H](c5ccc(OC)cc5)N2C43)cc1. The highest BCUT2D eigenvalue weighted by Crippen LogP contribution is 2.55. The maximum Gasteiger partial charge on any atom is 0.118 e. The van der Waals surface area contributed by atoms with E-state index in [1.54, 1.807) is 14.2 Å². The van der Waals surface area contributed by atoms with E-state index in [9.17, 15) is 0 Å². The second kappa shape index (κ2) is 7.44. The van der Waals surface area contributed by atoms with Gasteiger partial charge in [0.25, 0.3) is 0 Å². The molecule has 0 radical (unpaired) electrons. The van der Waals surface area contributed by atoms with Gasteiger partial charge in [-0.3, -0.25) is 4.90 Å². The van der Waals surface area contributed by atoms with Crippen LogP contribution in [0.1, 0.15) is 61.7 Å². The van der Waals surface area contributed by atoms with Gasteiger partial charge in [-0.1, -0.05) is 24.3 Å². The first-order valence-electron chi connectivity index (χ1n) is 10.8. The second-order valence-corrected chi connectivity index (χ2v) is 8.77. The Morgan fingerprint density at radius 2 is 1.00 bits per heavy atom. The van der Waals surface area contributed by atoms with Crippen LogP contribution in [-0.4, -0.2) is 25.2 Å². The minimum atomic E-state index is 0.514. The molecule has 1 aliphatic carbocycles. The largest absolute Gasteiger partial charge is 0.497 e. The van der Waals surface area contributed by atoms with Crippen molar-refractivity contribution in [3.05, 3.63) is 59.7 Å².